The first kappa shape index (κ1) is 13.6. The third-order valence-electron chi connectivity index (χ3n) is 2.85. The van der Waals surface area contributed by atoms with E-state index in [9.17, 15) is 4.79 Å². The fourth-order valence-corrected chi connectivity index (χ4v) is 2.02. The summed E-state index contributed by atoms with van der Waals surface area (Å²) in [7, 11) is 0. The SMILES string of the molecule is O=C(CCc1ccccc1)Nc1cccc(CCl)c1. The number of hydrogen-bond donors (Lipinski definition) is 1. The van der Waals surface area contributed by atoms with Crippen LogP contribution in [0.15, 0.2) is 54.6 Å². The van der Waals surface area contributed by atoms with Gasteiger partial charge in [0.15, 0.2) is 0 Å². The van der Waals surface area contributed by atoms with Crippen molar-refractivity contribution in [3.8, 4) is 0 Å². The first-order chi connectivity index (χ1) is 9.28. The molecule has 19 heavy (non-hydrogen) atoms. The third-order valence-corrected chi connectivity index (χ3v) is 3.16. The lowest BCUT2D eigenvalue weighted by Crippen LogP contribution is -2.12. The van der Waals surface area contributed by atoms with Crippen molar-refractivity contribution >= 4 is 23.2 Å². The molecule has 0 aliphatic rings. The number of aryl methyl sites for hydroxylation is 1. The van der Waals surface area contributed by atoms with Crippen molar-refractivity contribution in [3.05, 3.63) is 65.7 Å². The number of amides is 1. The van der Waals surface area contributed by atoms with E-state index in [0.29, 0.717) is 12.3 Å². The molecule has 3 heteroatoms. The van der Waals surface area contributed by atoms with Crippen LogP contribution in [0.1, 0.15) is 17.5 Å². The Morgan fingerprint density at radius 2 is 1.74 bits per heavy atom. The van der Waals surface area contributed by atoms with Crippen molar-refractivity contribution in [2.24, 2.45) is 0 Å². The maximum Gasteiger partial charge on any atom is 0.224 e. The van der Waals surface area contributed by atoms with E-state index in [0.717, 1.165) is 17.7 Å². The molecule has 0 heterocycles. The van der Waals surface area contributed by atoms with Gasteiger partial charge in [0.25, 0.3) is 0 Å². The van der Waals surface area contributed by atoms with E-state index in [4.69, 9.17) is 11.6 Å². The first-order valence-electron chi connectivity index (χ1n) is 6.26. The molecule has 0 unspecified atom stereocenters. The van der Waals surface area contributed by atoms with Crippen LogP contribution in [0.4, 0.5) is 5.69 Å². The predicted octanol–water partition coefficient (Wildman–Crippen LogP) is 4.00. The second kappa shape index (κ2) is 6.95. The van der Waals surface area contributed by atoms with E-state index in [-0.39, 0.29) is 5.91 Å². The van der Waals surface area contributed by atoms with Gasteiger partial charge in [0.1, 0.15) is 0 Å². The second-order valence-corrected chi connectivity index (χ2v) is 4.64. The Labute approximate surface area is 118 Å². The summed E-state index contributed by atoms with van der Waals surface area (Å²) < 4.78 is 0. The minimum absolute atomic E-state index is 0.0237. The van der Waals surface area contributed by atoms with Gasteiger partial charge in [0.05, 0.1) is 0 Å². The Kier molecular flexibility index (Phi) is 4.99. The summed E-state index contributed by atoms with van der Waals surface area (Å²) in [4.78, 5) is 11.8. The van der Waals surface area contributed by atoms with Crippen molar-refractivity contribution in [2.45, 2.75) is 18.7 Å². The molecule has 2 nitrogen and oxygen atoms in total. The maximum absolute atomic E-state index is 11.8. The summed E-state index contributed by atoms with van der Waals surface area (Å²) >= 11 is 5.76. The molecule has 1 N–H and O–H groups in total. The quantitative estimate of drug-likeness (QED) is 0.820. The van der Waals surface area contributed by atoms with Crippen LogP contribution in [0.3, 0.4) is 0 Å². The van der Waals surface area contributed by atoms with Gasteiger partial charge in [-0.2, -0.15) is 0 Å². The molecule has 0 bridgehead atoms. The minimum Gasteiger partial charge on any atom is -0.326 e. The standard InChI is InChI=1S/C16H16ClNO/c17-12-14-7-4-8-15(11-14)18-16(19)10-9-13-5-2-1-3-6-13/h1-8,11H,9-10,12H2,(H,18,19). The van der Waals surface area contributed by atoms with E-state index >= 15 is 0 Å². The van der Waals surface area contributed by atoms with Crippen molar-refractivity contribution in [1.29, 1.82) is 0 Å². The summed E-state index contributed by atoms with van der Waals surface area (Å²) in [5.41, 5.74) is 2.98. The van der Waals surface area contributed by atoms with Gasteiger partial charge >= 0.3 is 0 Å². The van der Waals surface area contributed by atoms with E-state index in [2.05, 4.69) is 5.32 Å². The smallest absolute Gasteiger partial charge is 0.224 e. The molecule has 98 valence electrons. The number of benzene rings is 2. The molecule has 2 aromatic rings. The number of alkyl halides is 1. The molecule has 2 aromatic carbocycles. The maximum atomic E-state index is 11.8. The van der Waals surface area contributed by atoms with Gasteiger partial charge in [0, 0.05) is 18.0 Å². The fourth-order valence-electron chi connectivity index (χ4n) is 1.86. The molecule has 0 aromatic heterocycles. The van der Waals surface area contributed by atoms with Gasteiger partial charge in [-0.15, -0.1) is 11.6 Å². The zero-order valence-electron chi connectivity index (χ0n) is 10.6. The van der Waals surface area contributed by atoms with E-state index in [1.165, 1.54) is 5.56 Å². The monoisotopic (exact) mass is 273 g/mol. The van der Waals surface area contributed by atoms with Gasteiger partial charge in [-0.25, -0.2) is 0 Å². The van der Waals surface area contributed by atoms with Crippen molar-refractivity contribution in [3.63, 3.8) is 0 Å². The number of carbonyl (C=O) groups is 1. The van der Waals surface area contributed by atoms with Crippen molar-refractivity contribution < 1.29 is 4.79 Å². The van der Waals surface area contributed by atoms with Crippen molar-refractivity contribution in [2.75, 3.05) is 5.32 Å². The Balaban J connectivity index is 1.87. The minimum atomic E-state index is 0.0237. The van der Waals surface area contributed by atoms with Gasteiger partial charge in [-0.3, -0.25) is 4.79 Å². The Morgan fingerprint density at radius 1 is 1.00 bits per heavy atom. The van der Waals surface area contributed by atoms with Crippen LogP contribution in [-0.4, -0.2) is 5.91 Å². The highest BCUT2D eigenvalue weighted by atomic mass is 35.5. The van der Waals surface area contributed by atoms with E-state index in [1.807, 2.05) is 54.6 Å². The molecule has 0 spiro atoms. The van der Waals surface area contributed by atoms with Gasteiger partial charge in [-0.1, -0.05) is 42.5 Å². The van der Waals surface area contributed by atoms with E-state index in [1.54, 1.807) is 0 Å². The Morgan fingerprint density at radius 3 is 2.47 bits per heavy atom. The zero-order chi connectivity index (χ0) is 13.5. The number of nitrogens with one attached hydrogen (secondary N) is 1. The summed E-state index contributed by atoms with van der Waals surface area (Å²) in [6.07, 6.45) is 1.23. The largest absolute Gasteiger partial charge is 0.326 e. The third kappa shape index (κ3) is 4.42. The lowest BCUT2D eigenvalue weighted by molar-refractivity contribution is -0.116. The van der Waals surface area contributed by atoms with Crippen LogP contribution >= 0.6 is 11.6 Å². The Bertz CT molecular complexity index is 539. The zero-order valence-corrected chi connectivity index (χ0v) is 11.4. The lowest BCUT2D eigenvalue weighted by atomic mass is 10.1. The molecule has 2 rings (SSSR count). The highest BCUT2D eigenvalue weighted by molar-refractivity contribution is 6.17. The number of hydrogen-bond acceptors (Lipinski definition) is 1. The van der Waals surface area contributed by atoms with Crippen LogP contribution in [-0.2, 0) is 17.1 Å². The van der Waals surface area contributed by atoms with Gasteiger partial charge < -0.3 is 5.32 Å². The lowest BCUT2D eigenvalue weighted by Gasteiger charge is -2.06. The highest BCUT2D eigenvalue weighted by Crippen LogP contribution is 2.13. The van der Waals surface area contributed by atoms with Crippen LogP contribution in [0.25, 0.3) is 0 Å². The predicted molar refractivity (Wildman–Crippen MR) is 79.4 cm³/mol. The second-order valence-electron chi connectivity index (χ2n) is 4.37. The average Bonchev–Trinajstić information content (AvgIpc) is 2.46. The van der Waals surface area contributed by atoms with Crippen LogP contribution in [0.5, 0.6) is 0 Å². The molecular formula is C16H16ClNO. The summed E-state index contributed by atoms with van der Waals surface area (Å²) in [5.74, 6) is 0.476. The molecule has 0 radical (unpaired) electrons. The molecule has 0 saturated carbocycles. The average molecular weight is 274 g/mol. The number of halogens is 1. The summed E-state index contributed by atoms with van der Waals surface area (Å²) in [5, 5.41) is 2.89. The molecule has 0 saturated heterocycles. The molecular weight excluding hydrogens is 258 g/mol. The number of carbonyl (C=O) groups excluding carboxylic acids is 1. The van der Waals surface area contributed by atoms with Gasteiger partial charge in [0.2, 0.25) is 5.91 Å². The number of rotatable bonds is 5. The summed E-state index contributed by atoms with van der Waals surface area (Å²) in [6, 6.07) is 17.6. The number of anilines is 1. The van der Waals surface area contributed by atoms with E-state index < -0.39 is 0 Å². The molecule has 1 amide bonds. The van der Waals surface area contributed by atoms with Crippen molar-refractivity contribution in [1.82, 2.24) is 0 Å². The Hall–Kier alpha value is -1.80. The van der Waals surface area contributed by atoms with Crippen LogP contribution < -0.4 is 5.32 Å². The molecule has 0 aliphatic carbocycles. The highest BCUT2D eigenvalue weighted by Gasteiger charge is 2.03. The van der Waals surface area contributed by atoms with Gasteiger partial charge in [-0.05, 0) is 29.7 Å². The molecule has 0 atom stereocenters. The first-order valence-corrected chi connectivity index (χ1v) is 6.80. The molecule has 0 fully saturated rings. The summed E-state index contributed by atoms with van der Waals surface area (Å²) in [6.45, 7) is 0. The van der Waals surface area contributed by atoms with Crippen LogP contribution in [0.2, 0.25) is 0 Å². The van der Waals surface area contributed by atoms with Crippen LogP contribution in [0, 0.1) is 0 Å². The molecule has 0 aliphatic heterocycles. The fraction of sp³-hybridized carbons (Fsp3) is 0.188. The topological polar surface area (TPSA) is 29.1 Å². The normalized spacial score (nSPS) is 10.2.